The molecule has 0 aliphatic heterocycles. The molecule has 2 aromatic carbocycles. The molecule has 148 valence electrons. The van der Waals surface area contributed by atoms with Crippen molar-refractivity contribution < 1.29 is 4.79 Å². The summed E-state index contributed by atoms with van der Waals surface area (Å²) in [4.78, 5) is 17.4. The van der Waals surface area contributed by atoms with E-state index >= 15 is 0 Å². The van der Waals surface area contributed by atoms with Gasteiger partial charge in [0.2, 0.25) is 11.1 Å². The van der Waals surface area contributed by atoms with Crippen molar-refractivity contribution in [2.75, 3.05) is 11.1 Å². The van der Waals surface area contributed by atoms with Gasteiger partial charge in [-0.25, -0.2) is 4.98 Å². The average Bonchev–Trinajstić information content (AvgIpc) is 3.05. The number of hydrogen-bond acceptors (Lipinski definition) is 5. The van der Waals surface area contributed by atoms with E-state index in [2.05, 4.69) is 36.3 Å². The van der Waals surface area contributed by atoms with Gasteiger partial charge in [0.25, 0.3) is 0 Å². The second-order valence-electron chi connectivity index (χ2n) is 8.84. The summed E-state index contributed by atoms with van der Waals surface area (Å²) in [6.45, 7) is 6.94. The molecule has 1 amide bonds. The summed E-state index contributed by atoms with van der Waals surface area (Å²) in [6.07, 6.45) is 2.30. The number of aromatic nitrogens is 3. The minimum atomic E-state index is -0.0662. The quantitative estimate of drug-likeness (QED) is 0.625. The Labute approximate surface area is 174 Å². The number of carbonyl (C=O) groups is 1. The van der Waals surface area contributed by atoms with Crippen LogP contribution < -0.4 is 5.32 Å². The second-order valence-corrected chi connectivity index (χ2v) is 9.78. The molecule has 6 heteroatoms. The predicted molar refractivity (Wildman–Crippen MR) is 116 cm³/mol. The molecule has 1 N–H and O–H groups in total. The Hall–Kier alpha value is -2.47. The van der Waals surface area contributed by atoms with Gasteiger partial charge in [-0.3, -0.25) is 4.79 Å². The standard InChI is InChI=1S/C23H24N4OS/c1-22(2)16-11-12-23(22,3)20-19(16)26-27-21(25-20)29-13-18(28)24-17-10-6-8-14-7-4-5-9-15(14)17/h4-10,16H,11-13H2,1-3H3,(H,24,28)/t16-,23-/m1/s1. The van der Waals surface area contributed by atoms with Crippen LogP contribution in [-0.2, 0) is 10.2 Å². The maximum Gasteiger partial charge on any atom is 0.234 e. The van der Waals surface area contributed by atoms with Crippen molar-refractivity contribution in [1.82, 2.24) is 15.2 Å². The first-order valence-electron chi connectivity index (χ1n) is 10.1. The van der Waals surface area contributed by atoms with Gasteiger partial charge in [-0.1, -0.05) is 68.9 Å². The van der Waals surface area contributed by atoms with Crippen LogP contribution in [0.4, 0.5) is 5.69 Å². The molecule has 0 saturated heterocycles. The lowest BCUT2D eigenvalue weighted by atomic mass is 9.70. The lowest BCUT2D eigenvalue weighted by molar-refractivity contribution is -0.113. The maximum atomic E-state index is 12.5. The number of fused-ring (bicyclic) bond motifs is 6. The number of rotatable bonds is 4. The van der Waals surface area contributed by atoms with Crippen molar-refractivity contribution in [3.63, 3.8) is 0 Å². The van der Waals surface area contributed by atoms with Crippen LogP contribution >= 0.6 is 11.8 Å². The molecule has 1 fully saturated rings. The third kappa shape index (κ3) is 2.76. The Morgan fingerprint density at radius 3 is 2.79 bits per heavy atom. The summed E-state index contributed by atoms with van der Waals surface area (Å²) in [6, 6.07) is 14.0. The number of nitrogens with one attached hydrogen (secondary N) is 1. The highest BCUT2D eigenvalue weighted by Crippen LogP contribution is 2.66. The van der Waals surface area contributed by atoms with Crippen LogP contribution in [0.2, 0.25) is 0 Å². The highest BCUT2D eigenvalue weighted by Gasteiger charge is 2.61. The molecule has 0 unspecified atom stereocenters. The zero-order valence-corrected chi connectivity index (χ0v) is 17.7. The first-order chi connectivity index (χ1) is 13.9. The van der Waals surface area contributed by atoms with Gasteiger partial charge < -0.3 is 5.32 Å². The van der Waals surface area contributed by atoms with Crippen LogP contribution in [0, 0.1) is 5.41 Å². The predicted octanol–water partition coefficient (Wildman–Crippen LogP) is 4.93. The maximum absolute atomic E-state index is 12.5. The number of benzene rings is 2. The van der Waals surface area contributed by atoms with Crippen LogP contribution in [-0.4, -0.2) is 26.8 Å². The summed E-state index contributed by atoms with van der Waals surface area (Å²) in [5.74, 6) is 0.632. The molecule has 1 aromatic heterocycles. The lowest BCUT2D eigenvalue weighted by Crippen LogP contribution is -2.32. The molecule has 1 heterocycles. The SMILES string of the molecule is CC1(C)[C@@H]2CC[C@]1(C)c1nc(SCC(=O)Nc3cccc4ccccc34)nnc12. The Morgan fingerprint density at radius 2 is 1.93 bits per heavy atom. The highest BCUT2D eigenvalue weighted by molar-refractivity contribution is 7.99. The molecule has 2 aliphatic carbocycles. The monoisotopic (exact) mass is 404 g/mol. The fourth-order valence-electron chi connectivity index (χ4n) is 5.07. The van der Waals surface area contributed by atoms with E-state index in [9.17, 15) is 4.79 Å². The second kappa shape index (κ2) is 6.52. The molecule has 3 aromatic rings. The van der Waals surface area contributed by atoms with E-state index in [1.54, 1.807) is 0 Å². The van der Waals surface area contributed by atoms with Crippen molar-refractivity contribution in [3.8, 4) is 0 Å². The number of thioether (sulfide) groups is 1. The number of anilines is 1. The van der Waals surface area contributed by atoms with Gasteiger partial charge in [-0.2, -0.15) is 5.10 Å². The van der Waals surface area contributed by atoms with E-state index in [4.69, 9.17) is 4.98 Å². The summed E-state index contributed by atoms with van der Waals surface area (Å²) in [5, 5.41) is 14.6. The minimum absolute atomic E-state index is 0.0451. The number of hydrogen-bond donors (Lipinski definition) is 1. The molecule has 2 aliphatic rings. The van der Waals surface area contributed by atoms with E-state index in [0.717, 1.165) is 40.7 Å². The van der Waals surface area contributed by atoms with E-state index < -0.39 is 0 Å². The molecule has 2 bridgehead atoms. The first-order valence-corrected chi connectivity index (χ1v) is 11.0. The van der Waals surface area contributed by atoms with Gasteiger partial charge in [0.15, 0.2) is 0 Å². The third-order valence-electron chi connectivity index (χ3n) is 7.17. The van der Waals surface area contributed by atoms with Crippen molar-refractivity contribution in [3.05, 3.63) is 53.9 Å². The zero-order chi connectivity index (χ0) is 20.2. The fraction of sp³-hybridized carbons (Fsp3) is 0.391. The number of nitrogens with zero attached hydrogens (tertiary/aromatic N) is 3. The van der Waals surface area contributed by atoms with Crippen molar-refractivity contribution >= 4 is 34.1 Å². The van der Waals surface area contributed by atoms with Gasteiger partial charge in [0.05, 0.1) is 17.1 Å². The van der Waals surface area contributed by atoms with Crippen LogP contribution in [0.15, 0.2) is 47.6 Å². The summed E-state index contributed by atoms with van der Waals surface area (Å²) < 4.78 is 0. The minimum Gasteiger partial charge on any atom is -0.325 e. The smallest absolute Gasteiger partial charge is 0.234 e. The first kappa shape index (κ1) is 18.6. The Bertz CT molecular complexity index is 1120. The van der Waals surface area contributed by atoms with Crippen molar-refractivity contribution in [1.29, 1.82) is 0 Å². The molecule has 5 rings (SSSR count). The topological polar surface area (TPSA) is 67.8 Å². The van der Waals surface area contributed by atoms with Crippen LogP contribution in [0.1, 0.15) is 50.9 Å². The molecule has 5 nitrogen and oxygen atoms in total. The molecule has 0 spiro atoms. The van der Waals surface area contributed by atoms with Gasteiger partial charge in [0, 0.05) is 22.4 Å². The summed E-state index contributed by atoms with van der Waals surface area (Å²) in [7, 11) is 0. The highest BCUT2D eigenvalue weighted by atomic mass is 32.2. The zero-order valence-electron chi connectivity index (χ0n) is 16.9. The van der Waals surface area contributed by atoms with Crippen molar-refractivity contribution in [2.45, 2.75) is 50.1 Å². The fourth-order valence-corrected chi connectivity index (χ4v) is 5.66. The van der Waals surface area contributed by atoms with Crippen LogP contribution in [0.3, 0.4) is 0 Å². The molecule has 0 radical (unpaired) electrons. The molecular weight excluding hydrogens is 380 g/mol. The van der Waals surface area contributed by atoms with Gasteiger partial charge in [-0.15, -0.1) is 5.10 Å². The summed E-state index contributed by atoms with van der Waals surface area (Å²) in [5.41, 5.74) is 3.18. The van der Waals surface area contributed by atoms with E-state index in [1.807, 2.05) is 42.5 Å². The van der Waals surface area contributed by atoms with Crippen LogP contribution in [0.25, 0.3) is 10.8 Å². The van der Waals surface area contributed by atoms with Gasteiger partial charge in [-0.05, 0) is 29.7 Å². The average molecular weight is 405 g/mol. The molecule has 1 saturated carbocycles. The summed E-state index contributed by atoms with van der Waals surface area (Å²) >= 11 is 1.35. The van der Waals surface area contributed by atoms with E-state index in [1.165, 1.54) is 11.8 Å². The van der Waals surface area contributed by atoms with E-state index in [0.29, 0.717) is 11.1 Å². The van der Waals surface area contributed by atoms with Crippen LogP contribution in [0.5, 0.6) is 0 Å². The van der Waals surface area contributed by atoms with E-state index in [-0.39, 0.29) is 22.5 Å². The largest absolute Gasteiger partial charge is 0.325 e. The Morgan fingerprint density at radius 1 is 1.14 bits per heavy atom. The molecule has 29 heavy (non-hydrogen) atoms. The third-order valence-corrected chi connectivity index (χ3v) is 8.01. The molecular formula is C23H24N4OS. The number of amides is 1. The Balaban J connectivity index is 1.31. The molecule has 2 atom stereocenters. The van der Waals surface area contributed by atoms with Crippen molar-refractivity contribution in [2.24, 2.45) is 5.41 Å². The number of carbonyl (C=O) groups excluding carboxylic acids is 1. The lowest BCUT2D eigenvalue weighted by Gasteiger charge is -2.33. The Kier molecular flexibility index (Phi) is 4.17. The van der Waals surface area contributed by atoms with Gasteiger partial charge >= 0.3 is 0 Å². The normalized spacial score (nSPS) is 23.9. The van der Waals surface area contributed by atoms with Gasteiger partial charge in [0.1, 0.15) is 0 Å².